The number of pyridine rings is 1. The average Bonchev–Trinajstić information content (AvgIpc) is 2.73. The first-order valence-electron chi connectivity index (χ1n) is 9.19. The summed E-state index contributed by atoms with van der Waals surface area (Å²) in [6, 6.07) is 10.6. The van der Waals surface area contributed by atoms with Crippen LogP contribution in [-0.2, 0) is 0 Å². The number of hydrogen-bond acceptors (Lipinski definition) is 7. The molecule has 29 heavy (non-hydrogen) atoms. The van der Waals surface area contributed by atoms with Crippen molar-refractivity contribution in [1.29, 1.82) is 5.26 Å². The van der Waals surface area contributed by atoms with Crippen molar-refractivity contribution in [2.45, 2.75) is 12.3 Å². The van der Waals surface area contributed by atoms with Gasteiger partial charge in [-0.15, -0.1) is 0 Å². The van der Waals surface area contributed by atoms with E-state index in [1.807, 2.05) is 28.9 Å². The summed E-state index contributed by atoms with van der Waals surface area (Å²) in [7, 11) is 0. The number of nitriles is 1. The lowest BCUT2D eigenvalue weighted by atomic mass is 10.2. The molecule has 3 heterocycles. The van der Waals surface area contributed by atoms with Crippen molar-refractivity contribution in [1.82, 2.24) is 15.0 Å². The van der Waals surface area contributed by atoms with E-state index in [-0.39, 0.29) is 11.2 Å². The van der Waals surface area contributed by atoms with Crippen LogP contribution in [0.4, 0.5) is 15.9 Å². The van der Waals surface area contributed by atoms with Crippen molar-refractivity contribution < 1.29 is 4.39 Å². The van der Waals surface area contributed by atoms with Crippen LogP contribution in [0.15, 0.2) is 48.9 Å². The molecule has 1 saturated heterocycles. The van der Waals surface area contributed by atoms with Crippen molar-refractivity contribution >= 4 is 24.1 Å². The maximum absolute atomic E-state index is 13.6. The van der Waals surface area contributed by atoms with Gasteiger partial charge in [-0.2, -0.15) is 17.9 Å². The van der Waals surface area contributed by atoms with Gasteiger partial charge in [0.05, 0.1) is 11.6 Å². The Balaban J connectivity index is 1.62. The molecule has 0 spiro atoms. The molecule has 0 bridgehead atoms. The number of benzene rings is 1. The fraction of sp³-hybridized carbons (Fsp3) is 0.238. The smallest absolute Gasteiger partial charge is 0.163 e. The van der Waals surface area contributed by atoms with Crippen LogP contribution in [-0.4, -0.2) is 40.0 Å². The van der Waals surface area contributed by atoms with E-state index in [2.05, 4.69) is 21.0 Å². The summed E-state index contributed by atoms with van der Waals surface area (Å²) in [5.41, 5.74) is 3.01. The first kappa shape index (κ1) is 19.2. The molecule has 1 aromatic carbocycles. The monoisotopic (exact) mass is 406 g/mol. The van der Waals surface area contributed by atoms with Crippen molar-refractivity contribution in [2.24, 2.45) is 0 Å². The summed E-state index contributed by atoms with van der Waals surface area (Å²) in [5.74, 6) is 0.833. The quantitative estimate of drug-likeness (QED) is 0.672. The third-order valence-corrected chi connectivity index (χ3v) is 5.26. The number of hydrogen-bond donors (Lipinski definition) is 1. The predicted octanol–water partition coefficient (Wildman–Crippen LogP) is 3.44. The Morgan fingerprint density at radius 2 is 2.07 bits per heavy atom. The lowest BCUT2D eigenvalue weighted by Crippen LogP contribution is -2.51. The van der Waals surface area contributed by atoms with Gasteiger partial charge in [-0.1, -0.05) is 6.07 Å². The fourth-order valence-corrected chi connectivity index (χ4v) is 3.87. The molecular formula is C21H19FN6S. The molecule has 0 aliphatic carbocycles. The highest BCUT2D eigenvalue weighted by Gasteiger charge is 2.27. The molecule has 1 unspecified atom stereocenters. The van der Waals surface area contributed by atoms with E-state index in [1.165, 1.54) is 12.1 Å². The molecule has 6 nitrogen and oxygen atoms in total. The molecule has 1 aliphatic heterocycles. The lowest BCUT2D eigenvalue weighted by molar-refractivity contribution is 0.608. The Hall–Kier alpha value is -3.18. The number of aryl methyl sites for hydroxylation is 1. The van der Waals surface area contributed by atoms with Gasteiger partial charge in [0, 0.05) is 43.3 Å². The second-order valence-corrected chi connectivity index (χ2v) is 7.49. The van der Waals surface area contributed by atoms with Gasteiger partial charge in [-0.25, -0.2) is 14.4 Å². The Morgan fingerprint density at radius 3 is 2.79 bits per heavy atom. The number of aromatic nitrogens is 3. The summed E-state index contributed by atoms with van der Waals surface area (Å²) in [6.45, 7) is 3.76. The van der Waals surface area contributed by atoms with Gasteiger partial charge < -0.3 is 9.80 Å². The highest BCUT2D eigenvalue weighted by molar-refractivity contribution is 7.81. The lowest BCUT2D eigenvalue weighted by Gasteiger charge is -2.41. The van der Waals surface area contributed by atoms with Gasteiger partial charge in [-0.05, 0) is 36.8 Å². The molecule has 1 aliphatic rings. The van der Waals surface area contributed by atoms with E-state index in [0.717, 1.165) is 16.8 Å². The van der Waals surface area contributed by atoms with Crippen LogP contribution >= 0.6 is 12.6 Å². The normalized spacial score (nSPS) is 16.6. The zero-order valence-electron chi connectivity index (χ0n) is 15.8. The van der Waals surface area contributed by atoms with Crippen molar-refractivity contribution in [3.8, 4) is 17.5 Å². The molecule has 1 fully saturated rings. The van der Waals surface area contributed by atoms with E-state index in [9.17, 15) is 9.65 Å². The molecule has 2 aromatic heterocycles. The zero-order chi connectivity index (χ0) is 20.4. The van der Waals surface area contributed by atoms with Crippen LogP contribution in [0.3, 0.4) is 0 Å². The number of nitrogens with zero attached hydrogens (tertiary/aromatic N) is 6. The minimum atomic E-state index is -0.274. The third kappa shape index (κ3) is 4.00. The van der Waals surface area contributed by atoms with E-state index in [4.69, 9.17) is 12.6 Å². The highest BCUT2D eigenvalue weighted by atomic mass is 32.1. The van der Waals surface area contributed by atoms with Gasteiger partial charge >= 0.3 is 0 Å². The Bertz CT molecular complexity index is 1080. The first-order valence-corrected chi connectivity index (χ1v) is 9.71. The molecule has 8 heteroatoms. The number of piperazine rings is 1. The molecule has 146 valence electrons. The van der Waals surface area contributed by atoms with Crippen LogP contribution < -0.4 is 9.80 Å². The summed E-state index contributed by atoms with van der Waals surface area (Å²) >= 11 is 4.71. The maximum Gasteiger partial charge on any atom is 0.163 e. The summed E-state index contributed by atoms with van der Waals surface area (Å²) in [6.07, 6.45) is 5.03. The van der Waals surface area contributed by atoms with Crippen LogP contribution in [0.5, 0.6) is 0 Å². The number of anilines is 2. The van der Waals surface area contributed by atoms with Crippen molar-refractivity contribution in [2.75, 3.05) is 29.4 Å². The minimum Gasteiger partial charge on any atom is -0.356 e. The Morgan fingerprint density at radius 1 is 1.21 bits per heavy atom. The van der Waals surface area contributed by atoms with E-state index in [0.29, 0.717) is 36.8 Å². The van der Waals surface area contributed by atoms with Gasteiger partial charge in [0.15, 0.2) is 11.6 Å². The maximum atomic E-state index is 13.6. The standard InChI is InChI=1S/C21H19FN6S/c1-14-7-15(11-24-10-14)20-25-12-16(9-23)21(26-20)27-5-6-28(19(29)13-27)18-4-2-3-17(22)8-18/h2-4,7-8,10-12,19,29H,5-6,13H2,1H3. The van der Waals surface area contributed by atoms with Crippen molar-refractivity contribution in [3.63, 3.8) is 0 Å². The molecular weight excluding hydrogens is 387 g/mol. The SMILES string of the molecule is Cc1cncc(-c2ncc(C#N)c(N3CCN(c4cccc(F)c4)C(S)C3)n2)c1. The zero-order valence-corrected chi connectivity index (χ0v) is 16.7. The Kier molecular flexibility index (Phi) is 5.32. The van der Waals surface area contributed by atoms with Crippen LogP contribution in [0.1, 0.15) is 11.1 Å². The molecule has 0 radical (unpaired) electrons. The molecule has 0 N–H and O–H groups in total. The average molecular weight is 406 g/mol. The van der Waals surface area contributed by atoms with Gasteiger partial charge in [0.1, 0.15) is 17.4 Å². The number of halogens is 1. The molecule has 1 atom stereocenters. The van der Waals surface area contributed by atoms with E-state index in [1.54, 1.807) is 24.7 Å². The fourth-order valence-electron chi connectivity index (χ4n) is 3.42. The molecule has 0 amide bonds. The first-order chi connectivity index (χ1) is 14.0. The van der Waals surface area contributed by atoms with E-state index >= 15 is 0 Å². The van der Waals surface area contributed by atoms with Crippen LogP contribution in [0.2, 0.25) is 0 Å². The summed E-state index contributed by atoms with van der Waals surface area (Å²) in [4.78, 5) is 17.3. The van der Waals surface area contributed by atoms with Crippen molar-refractivity contribution in [3.05, 3.63) is 65.9 Å². The van der Waals surface area contributed by atoms with Gasteiger partial charge in [-0.3, -0.25) is 4.98 Å². The van der Waals surface area contributed by atoms with Gasteiger partial charge in [0.25, 0.3) is 0 Å². The van der Waals surface area contributed by atoms with Crippen LogP contribution in [0, 0.1) is 24.1 Å². The molecule has 3 aromatic rings. The topological polar surface area (TPSA) is 68.9 Å². The number of thiol groups is 1. The largest absolute Gasteiger partial charge is 0.356 e. The van der Waals surface area contributed by atoms with E-state index < -0.39 is 0 Å². The second-order valence-electron chi connectivity index (χ2n) is 6.89. The Labute approximate surface area is 174 Å². The summed E-state index contributed by atoms with van der Waals surface area (Å²) < 4.78 is 13.6. The van der Waals surface area contributed by atoms with Crippen LogP contribution in [0.25, 0.3) is 11.4 Å². The second kappa shape index (κ2) is 8.05. The minimum absolute atomic E-state index is 0.170. The molecule has 4 rings (SSSR count). The van der Waals surface area contributed by atoms with Gasteiger partial charge in [0.2, 0.25) is 0 Å². The highest BCUT2D eigenvalue weighted by Crippen LogP contribution is 2.28. The predicted molar refractivity (Wildman–Crippen MR) is 113 cm³/mol. The number of rotatable bonds is 3. The third-order valence-electron chi connectivity index (χ3n) is 4.82. The molecule has 0 saturated carbocycles. The summed E-state index contributed by atoms with van der Waals surface area (Å²) in [5, 5.41) is 9.37.